The van der Waals surface area contributed by atoms with Crippen molar-refractivity contribution in [1.29, 1.82) is 0 Å². The van der Waals surface area contributed by atoms with Gasteiger partial charge in [-0.3, -0.25) is 0 Å². The van der Waals surface area contributed by atoms with Crippen LogP contribution in [0.1, 0.15) is 127 Å². The molecule has 0 bridgehead atoms. The number of aliphatic hydroxyl groups excluding tert-OH is 1. The number of rotatable bonds is 1. The maximum atomic E-state index is 10.9. The van der Waals surface area contributed by atoms with E-state index in [4.69, 9.17) is 0 Å². The van der Waals surface area contributed by atoms with Crippen LogP contribution in [0.2, 0.25) is 0 Å². The maximum Gasteiger partial charge on any atom is 0.0594 e. The molecule has 1 heteroatoms. The van der Waals surface area contributed by atoms with Gasteiger partial charge in [0, 0.05) is 0 Å². The average Bonchev–Trinajstić information content (AvgIpc) is 2.98. The number of hydrogen-bond donors (Lipinski definition) is 1. The topological polar surface area (TPSA) is 20.2 Å². The Morgan fingerprint density at radius 2 is 1.09 bits per heavy atom. The highest BCUT2D eigenvalue weighted by molar-refractivity contribution is 5.21. The zero-order valence-corrected chi connectivity index (χ0v) is 23.0. The van der Waals surface area contributed by atoms with Gasteiger partial charge in [-0.2, -0.15) is 0 Å². The van der Waals surface area contributed by atoms with Gasteiger partial charge in [0.25, 0.3) is 0 Å². The summed E-state index contributed by atoms with van der Waals surface area (Å²) in [5.74, 6) is 4.14. The van der Waals surface area contributed by atoms with E-state index in [-0.39, 0.29) is 11.5 Å². The van der Waals surface area contributed by atoms with Crippen molar-refractivity contribution in [1.82, 2.24) is 0 Å². The lowest BCUT2D eigenvalue weighted by Gasteiger charge is -2.74. The molecule has 5 rings (SSSR count). The summed E-state index contributed by atoms with van der Waals surface area (Å²) in [6.07, 6.45) is 13.6. The summed E-state index contributed by atoms with van der Waals surface area (Å²) < 4.78 is 0. The minimum Gasteiger partial charge on any atom is -0.393 e. The molecule has 184 valence electrons. The van der Waals surface area contributed by atoms with Gasteiger partial charge in [-0.15, -0.1) is 0 Å². The minimum absolute atomic E-state index is 0.0686. The Morgan fingerprint density at radius 3 is 1.75 bits per heavy atom. The van der Waals surface area contributed by atoms with Gasteiger partial charge in [0.1, 0.15) is 0 Å². The molecule has 0 heterocycles. The van der Waals surface area contributed by atoms with Gasteiger partial charge in [-0.05, 0) is 126 Å². The van der Waals surface area contributed by atoms with Crippen LogP contribution in [0.5, 0.6) is 0 Å². The lowest BCUT2D eigenvalue weighted by Crippen LogP contribution is -2.68. The van der Waals surface area contributed by atoms with E-state index in [2.05, 4.69) is 62.3 Å². The molecule has 5 aliphatic rings. The zero-order chi connectivity index (χ0) is 23.5. The summed E-state index contributed by atoms with van der Waals surface area (Å²) >= 11 is 0. The van der Waals surface area contributed by atoms with E-state index >= 15 is 0 Å². The molecule has 10 atom stereocenters. The van der Waals surface area contributed by atoms with Crippen molar-refractivity contribution in [2.45, 2.75) is 133 Å². The Balaban J connectivity index is 1.54. The van der Waals surface area contributed by atoms with E-state index in [9.17, 15) is 5.11 Å². The van der Waals surface area contributed by atoms with Crippen molar-refractivity contribution in [3.05, 3.63) is 0 Å². The molecule has 0 spiro atoms. The van der Waals surface area contributed by atoms with Crippen molar-refractivity contribution in [2.24, 2.45) is 62.1 Å². The van der Waals surface area contributed by atoms with Gasteiger partial charge in [-0.1, -0.05) is 62.3 Å². The van der Waals surface area contributed by atoms with Gasteiger partial charge in [0.2, 0.25) is 0 Å². The predicted octanol–water partition coefficient (Wildman–Crippen LogP) is 8.49. The summed E-state index contributed by atoms with van der Waals surface area (Å²) in [5.41, 5.74) is 2.46. The molecule has 5 saturated carbocycles. The predicted molar refractivity (Wildman–Crippen MR) is 135 cm³/mol. The van der Waals surface area contributed by atoms with Crippen molar-refractivity contribution >= 4 is 0 Å². The first kappa shape index (κ1) is 23.7. The van der Waals surface area contributed by atoms with Crippen molar-refractivity contribution < 1.29 is 5.11 Å². The second kappa shape index (κ2) is 6.79. The van der Waals surface area contributed by atoms with Crippen LogP contribution in [0.4, 0.5) is 0 Å². The quantitative estimate of drug-likeness (QED) is 0.431. The Hall–Kier alpha value is -0.0400. The largest absolute Gasteiger partial charge is 0.393 e. The summed E-state index contributed by atoms with van der Waals surface area (Å²) in [5, 5.41) is 10.9. The smallest absolute Gasteiger partial charge is 0.0594 e. The van der Waals surface area contributed by atoms with E-state index in [1.165, 1.54) is 57.8 Å². The van der Waals surface area contributed by atoms with Crippen molar-refractivity contribution in [2.75, 3.05) is 0 Å². The lowest BCUT2D eigenvalue weighted by molar-refractivity contribution is -0.262. The van der Waals surface area contributed by atoms with Gasteiger partial charge < -0.3 is 5.11 Å². The van der Waals surface area contributed by atoms with Crippen LogP contribution in [0.15, 0.2) is 0 Å². The second-order valence-corrected chi connectivity index (χ2v) is 15.7. The van der Waals surface area contributed by atoms with Crippen LogP contribution in [0.3, 0.4) is 0 Å². The third-order valence-corrected chi connectivity index (χ3v) is 14.7. The molecule has 1 N–H and O–H groups in total. The first-order valence-electron chi connectivity index (χ1n) is 14.4. The molecular weight excluding hydrogens is 388 g/mol. The fourth-order valence-corrected chi connectivity index (χ4v) is 12.5. The molecule has 0 unspecified atom stereocenters. The molecule has 0 aromatic carbocycles. The SMILES string of the molecule is CC(C)[C@H]1CC[C@]2(C)[C@H]3CC[C@@H]4[C@@]5(C)CC[C@H](O)C(C)(C)[C@H]5CC[C@@]4(C)[C@]3(C)CC[C@]12C. The lowest BCUT2D eigenvalue weighted by atomic mass is 9.30. The van der Waals surface area contributed by atoms with E-state index in [1.54, 1.807) is 0 Å². The third-order valence-electron chi connectivity index (χ3n) is 14.7. The second-order valence-electron chi connectivity index (χ2n) is 15.7. The number of aliphatic hydroxyl groups is 1. The van der Waals surface area contributed by atoms with E-state index in [1.807, 2.05) is 0 Å². The first-order valence-corrected chi connectivity index (χ1v) is 14.4. The van der Waals surface area contributed by atoms with Crippen LogP contribution < -0.4 is 0 Å². The Kier molecular flexibility index (Phi) is 5.03. The Bertz CT molecular complexity index is 768. The summed E-state index contributed by atoms with van der Waals surface area (Å²) in [7, 11) is 0. The van der Waals surface area contributed by atoms with Crippen LogP contribution in [-0.2, 0) is 0 Å². The zero-order valence-electron chi connectivity index (χ0n) is 23.0. The summed E-state index contributed by atoms with van der Waals surface area (Å²) in [4.78, 5) is 0. The van der Waals surface area contributed by atoms with Crippen LogP contribution in [-0.4, -0.2) is 11.2 Å². The molecule has 0 aliphatic heterocycles. The molecule has 0 aromatic heterocycles. The maximum absolute atomic E-state index is 10.9. The van der Waals surface area contributed by atoms with Gasteiger partial charge in [0.15, 0.2) is 0 Å². The van der Waals surface area contributed by atoms with E-state index in [0.717, 1.165) is 30.1 Å². The molecule has 0 amide bonds. The first-order chi connectivity index (χ1) is 14.7. The molecule has 0 aromatic rings. The highest BCUT2D eigenvalue weighted by atomic mass is 16.3. The molecular formula is C31H54O. The standard InChI is InChI=1S/C31H54O/c1-20(2)21-12-16-30(8)24-11-10-23-27(5)15-14-25(32)26(3,4)22(27)13-17-29(23,7)31(24,9)19-18-28(21,30)6/h20-25,32H,10-19H2,1-9H3/t21-,22-,23-,24-,25+,27+,28-,29-,30-,31-/m1/s1. The molecule has 5 aliphatic carbocycles. The summed E-state index contributed by atoms with van der Waals surface area (Å²) in [6, 6.07) is 0. The molecule has 1 nitrogen and oxygen atoms in total. The minimum atomic E-state index is -0.113. The number of fused-ring (bicyclic) bond motifs is 7. The monoisotopic (exact) mass is 442 g/mol. The fraction of sp³-hybridized carbons (Fsp3) is 1.00. The van der Waals surface area contributed by atoms with E-state index in [0.29, 0.717) is 33.0 Å². The molecule has 32 heavy (non-hydrogen) atoms. The Labute approximate surface area is 199 Å². The van der Waals surface area contributed by atoms with Gasteiger partial charge in [0.05, 0.1) is 6.10 Å². The van der Waals surface area contributed by atoms with Crippen LogP contribution >= 0.6 is 0 Å². The highest BCUT2D eigenvalue weighted by Crippen LogP contribution is 2.80. The third kappa shape index (κ3) is 2.51. The van der Waals surface area contributed by atoms with Crippen LogP contribution in [0.25, 0.3) is 0 Å². The molecule has 0 saturated heterocycles. The molecule has 5 fully saturated rings. The van der Waals surface area contributed by atoms with Gasteiger partial charge in [-0.25, -0.2) is 0 Å². The van der Waals surface area contributed by atoms with E-state index < -0.39 is 0 Å². The fourth-order valence-electron chi connectivity index (χ4n) is 12.5. The van der Waals surface area contributed by atoms with Crippen molar-refractivity contribution in [3.63, 3.8) is 0 Å². The molecule has 0 radical (unpaired) electrons. The highest BCUT2D eigenvalue weighted by Gasteiger charge is 2.72. The number of hydrogen-bond acceptors (Lipinski definition) is 1. The van der Waals surface area contributed by atoms with Gasteiger partial charge >= 0.3 is 0 Å². The normalized spacial score (nSPS) is 59.2. The van der Waals surface area contributed by atoms with Crippen LogP contribution in [0, 0.1) is 62.1 Å². The van der Waals surface area contributed by atoms with Crippen molar-refractivity contribution in [3.8, 4) is 0 Å². The average molecular weight is 443 g/mol. The Morgan fingerprint density at radius 1 is 0.562 bits per heavy atom. The summed E-state index contributed by atoms with van der Waals surface area (Å²) in [6.45, 7) is 23.4.